The first-order chi connectivity index (χ1) is 9.96. The zero-order valence-corrected chi connectivity index (χ0v) is 13.9. The molecule has 6 heteroatoms. The van der Waals surface area contributed by atoms with Gasteiger partial charge in [-0.3, -0.25) is 4.72 Å². The van der Waals surface area contributed by atoms with Gasteiger partial charge in [-0.1, -0.05) is 25.1 Å². The molecule has 21 heavy (non-hydrogen) atoms. The molecular formula is C15H16BrNO3S. The molecular weight excluding hydrogens is 354 g/mol. The fourth-order valence-corrected chi connectivity index (χ4v) is 3.94. The summed E-state index contributed by atoms with van der Waals surface area (Å²) in [5.74, 6) is 0. The highest BCUT2D eigenvalue weighted by Gasteiger charge is 2.18. The van der Waals surface area contributed by atoms with E-state index in [9.17, 15) is 8.42 Å². The summed E-state index contributed by atoms with van der Waals surface area (Å²) < 4.78 is 27.8. The molecule has 4 nitrogen and oxygen atoms in total. The minimum Gasteiger partial charge on any atom is -0.392 e. The molecule has 2 N–H and O–H groups in total. The molecule has 0 aliphatic rings. The number of aliphatic hydroxyl groups excluding tert-OH is 1. The van der Waals surface area contributed by atoms with Crippen LogP contribution in [0.15, 0.2) is 51.8 Å². The number of hydrogen-bond donors (Lipinski definition) is 2. The van der Waals surface area contributed by atoms with Crippen molar-refractivity contribution in [1.82, 2.24) is 0 Å². The predicted octanol–water partition coefficient (Wildman–Crippen LogP) is 3.30. The first-order valence-electron chi connectivity index (χ1n) is 6.47. The number of nitrogens with one attached hydrogen (secondary N) is 1. The summed E-state index contributed by atoms with van der Waals surface area (Å²) in [4.78, 5) is 0.105. The van der Waals surface area contributed by atoms with Gasteiger partial charge >= 0.3 is 0 Å². The van der Waals surface area contributed by atoms with Gasteiger partial charge in [0.2, 0.25) is 0 Å². The maximum atomic E-state index is 12.4. The topological polar surface area (TPSA) is 66.4 Å². The Morgan fingerprint density at radius 3 is 2.29 bits per heavy atom. The molecule has 112 valence electrons. The van der Waals surface area contributed by atoms with E-state index in [0.717, 1.165) is 12.0 Å². The van der Waals surface area contributed by atoms with Gasteiger partial charge in [0.1, 0.15) is 4.90 Å². The van der Waals surface area contributed by atoms with Crippen LogP contribution in [0.2, 0.25) is 0 Å². The summed E-state index contributed by atoms with van der Waals surface area (Å²) in [7, 11) is -3.70. The number of sulfonamides is 1. The fourth-order valence-electron chi connectivity index (χ4n) is 1.87. The van der Waals surface area contributed by atoms with Gasteiger partial charge in [0, 0.05) is 10.2 Å². The van der Waals surface area contributed by atoms with E-state index in [4.69, 9.17) is 5.11 Å². The van der Waals surface area contributed by atoms with Crippen molar-refractivity contribution in [3.63, 3.8) is 0 Å². The standard InChI is InChI=1S/C15H16BrNO3S/c1-2-11-3-6-13(7-4-11)17-21(19,20)15-9-12(10-18)5-8-14(15)16/h3-9,17-18H,2,10H2,1H3. The maximum Gasteiger partial charge on any atom is 0.263 e. The fraction of sp³-hybridized carbons (Fsp3) is 0.200. The Hall–Kier alpha value is -1.37. The summed E-state index contributed by atoms with van der Waals surface area (Å²) in [6, 6.07) is 12.0. The van der Waals surface area contributed by atoms with Crippen molar-refractivity contribution >= 4 is 31.6 Å². The van der Waals surface area contributed by atoms with Gasteiger partial charge in [-0.25, -0.2) is 8.42 Å². The molecule has 2 aromatic carbocycles. The molecule has 0 amide bonds. The maximum absolute atomic E-state index is 12.4. The van der Waals surface area contributed by atoms with Gasteiger partial charge in [-0.15, -0.1) is 0 Å². The Morgan fingerprint density at radius 2 is 1.71 bits per heavy atom. The number of hydrogen-bond acceptors (Lipinski definition) is 3. The van der Waals surface area contributed by atoms with Crippen molar-refractivity contribution in [1.29, 1.82) is 0 Å². The lowest BCUT2D eigenvalue weighted by Crippen LogP contribution is -2.14. The molecule has 0 fully saturated rings. The van der Waals surface area contributed by atoms with Crippen LogP contribution in [-0.2, 0) is 23.1 Å². The van der Waals surface area contributed by atoms with Crippen LogP contribution in [0.25, 0.3) is 0 Å². The molecule has 0 aliphatic heterocycles. The van der Waals surface area contributed by atoms with Crippen LogP contribution >= 0.6 is 15.9 Å². The Kier molecular flexibility index (Phi) is 5.03. The minimum atomic E-state index is -3.70. The van der Waals surface area contributed by atoms with E-state index >= 15 is 0 Å². The number of benzene rings is 2. The van der Waals surface area contributed by atoms with Crippen LogP contribution < -0.4 is 4.72 Å². The highest BCUT2D eigenvalue weighted by atomic mass is 79.9. The lowest BCUT2D eigenvalue weighted by Gasteiger charge is -2.11. The SMILES string of the molecule is CCc1ccc(NS(=O)(=O)c2cc(CO)ccc2Br)cc1. The second kappa shape index (κ2) is 6.60. The van der Waals surface area contributed by atoms with E-state index in [1.54, 1.807) is 24.3 Å². The van der Waals surface area contributed by atoms with Crippen molar-refractivity contribution in [2.45, 2.75) is 24.8 Å². The lowest BCUT2D eigenvalue weighted by molar-refractivity contribution is 0.281. The predicted molar refractivity (Wildman–Crippen MR) is 86.7 cm³/mol. The van der Waals surface area contributed by atoms with Crippen LogP contribution in [0.5, 0.6) is 0 Å². The van der Waals surface area contributed by atoms with Crippen LogP contribution in [-0.4, -0.2) is 13.5 Å². The van der Waals surface area contributed by atoms with E-state index in [0.29, 0.717) is 15.7 Å². The smallest absolute Gasteiger partial charge is 0.263 e. The molecule has 0 saturated carbocycles. The van der Waals surface area contributed by atoms with Crippen molar-refractivity contribution in [3.05, 3.63) is 58.1 Å². The second-order valence-electron chi connectivity index (χ2n) is 4.58. The number of halogens is 1. The highest BCUT2D eigenvalue weighted by molar-refractivity contribution is 9.10. The quantitative estimate of drug-likeness (QED) is 0.849. The molecule has 0 unspecified atom stereocenters. The van der Waals surface area contributed by atoms with Crippen molar-refractivity contribution in [2.75, 3.05) is 4.72 Å². The third kappa shape index (κ3) is 3.84. The number of rotatable bonds is 5. The second-order valence-corrected chi connectivity index (χ2v) is 7.08. The van der Waals surface area contributed by atoms with E-state index < -0.39 is 10.0 Å². The van der Waals surface area contributed by atoms with Crippen LogP contribution in [0.3, 0.4) is 0 Å². The molecule has 0 heterocycles. The Labute approximate surface area is 133 Å². The van der Waals surface area contributed by atoms with Gasteiger partial charge in [0.15, 0.2) is 0 Å². The zero-order chi connectivity index (χ0) is 15.5. The summed E-state index contributed by atoms with van der Waals surface area (Å²) >= 11 is 3.23. The summed E-state index contributed by atoms with van der Waals surface area (Å²) in [5, 5.41) is 9.14. The molecule has 0 saturated heterocycles. The summed E-state index contributed by atoms with van der Waals surface area (Å²) in [6.07, 6.45) is 0.900. The van der Waals surface area contributed by atoms with Crippen molar-refractivity contribution in [3.8, 4) is 0 Å². The third-order valence-corrected chi connectivity index (χ3v) is 5.46. The average Bonchev–Trinajstić information content (AvgIpc) is 2.48. The molecule has 0 atom stereocenters. The normalized spacial score (nSPS) is 11.4. The van der Waals surface area contributed by atoms with Gasteiger partial charge in [-0.2, -0.15) is 0 Å². The van der Waals surface area contributed by atoms with Crippen molar-refractivity contribution < 1.29 is 13.5 Å². The molecule has 0 spiro atoms. The van der Waals surface area contributed by atoms with Gasteiger partial charge in [0.05, 0.1) is 6.61 Å². The lowest BCUT2D eigenvalue weighted by atomic mass is 10.2. The molecule has 0 bridgehead atoms. The number of aryl methyl sites for hydroxylation is 1. The molecule has 0 radical (unpaired) electrons. The zero-order valence-electron chi connectivity index (χ0n) is 11.5. The Balaban J connectivity index is 2.33. The third-order valence-electron chi connectivity index (χ3n) is 3.08. The highest BCUT2D eigenvalue weighted by Crippen LogP contribution is 2.25. The molecule has 2 aromatic rings. The van der Waals surface area contributed by atoms with E-state index in [1.165, 1.54) is 6.07 Å². The monoisotopic (exact) mass is 369 g/mol. The largest absolute Gasteiger partial charge is 0.392 e. The summed E-state index contributed by atoms with van der Waals surface area (Å²) in [6.45, 7) is 1.83. The average molecular weight is 370 g/mol. The van der Waals surface area contributed by atoms with E-state index in [2.05, 4.69) is 20.7 Å². The molecule has 2 rings (SSSR count). The van der Waals surface area contributed by atoms with E-state index in [1.807, 2.05) is 19.1 Å². The first kappa shape index (κ1) is 16.0. The number of anilines is 1. The van der Waals surface area contributed by atoms with E-state index in [-0.39, 0.29) is 11.5 Å². The Bertz CT molecular complexity index is 727. The van der Waals surface area contributed by atoms with Gasteiger partial charge in [0.25, 0.3) is 10.0 Å². The van der Waals surface area contributed by atoms with Crippen LogP contribution in [0.1, 0.15) is 18.1 Å². The van der Waals surface area contributed by atoms with Crippen LogP contribution in [0, 0.1) is 0 Å². The molecule has 0 aromatic heterocycles. The number of aliphatic hydroxyl groups is 1. The van der Waals surface area contributed by atoms with Gasteiger partial charge in [-0.05, 0) is 57.7 Å². The summed E-state index contributed by atoms with van der Waals surface area (Å²) in [5.41, 5.74) is 2.19. The Morgan fingerprint density at radius 1 is 1.10 bits per heavy atom. The molecule has 0 aliphatic carbocycles. The minimum absolute atomic E-state index is 0.105. The first-order valence-corrected chi connectivity index (χ1v) is 8.75. The van der Waals surface area contributed by atoms with Crippen molar-refractivity contribution in [2.24, 2.45) is 0 Å². The van der Waals surface area contributed by atoms with Crippen LogP contribution in [0.4, 0.5) is 5.69 Å². The van der Waals surface area contributed by atoms with Gasteiger partial charge < -0.3 is 5.11 Å².